The minimum atomic E-state index is -3.41. The van der Waals surface area contributed by atoms with Crippen LogP contribution in [0.1, 0.15) is 12.8 Å². The Bertz CT molecular complexity index is 494. The predicted molar refractivity (Wildman–Crippen MR) is 72.1 cm³/mol. The molecule has 0 aromatic carbocycles. The van der Waals surface area contributed by atoms with E-state index in [0.717, 1.165) is 17.9 Å². The van der Waals surface area contributed by atoms with E-state index in [2.05, 4.69) is 0 Å². The Morgan fingerprint density at radius 3 is 2.83 bits per heavy atom. The summed E-state index contributed by atoms with van der Waals surface area (Å²) < 4.78 is 31.3. The molecule has 0 aliphatic heterocycles. The maximum atomic E-state index is 12.1. The summed E-state index contributed by atoms with van der Waals surface area (Å²) >= 11 is 1.14. The molecule has 1 fully saturated rings. The molecule has 0 unspecified atom stereocenters. The highest BCUT2D eigenvalue weighted by atomic mass is 32.2. The zero-order valence-corrected chi connectivity index (χ0v) is 12.0. The number of nitrogens with zero attached hydrogens (tertiary/aromatic N) is 1. The second-order valence-corrected chi connectivity index (χ2v) is 7.73. The van der Waals surface area contributed by atoms with Crippen molar-refractivity contribution < 1.29 is 13.2 Å². The lowest BCUT2D eigenvalue weighted by atomic mass is 10.5. The van der Waals surface area contributed by atoms with E-state index in [1.165, 1.54) is 23.2 Å². The lowest BCUT2D eigenvalue weighted by molar-refractivity contribution is 0.117. The lowest BCUT2D eigenvalue weighted by Gasteiger charge is -2.15. The van der Waals surface area contributed by atoms with Crippen molar-refractivity contribution in [2.45, 2.75) is 17.1 Å². The molecule has 0 bridgehead atoms. The van der Waals surface area contributed by atoms with Gasteiger partial charge in [0.15, 0.2) is 0 Å². The van der Waals surface area contributed by atoms with Gasteiger partial charge in [-0.1, -0.05) is 0 Å². The third-order valence-electron chi connectivity index (χ3n) is 2.86. The summed E-state index contributed by atoms with van der Waals surface area (Å²) in [5.74, 6) is 0.698. The molecule has 0 amide bonds. The van der Waals surface area contributed by atoms with Crippen molar-refractivity contribution in [1.29, 1.82) is 0 Å². The fraction of sp³-hybridized carbons (Fsp3) is 0.636. The first kappa shape index (κ1) is 13.8. The Morgan fingerprint density at radius 1 is 1.56 bits per heavy atom. The van der Waals surface area contributed by atoms with E-state index in [1.807, 2.05) is 0 Å². The molecule has 2 N–H and O–H groups in total. The second-order valence-electron chi connectivity index (χ2n) is 4.54. The number of nitrogen functional groups attached to an aromatic ring is 1. The van der Waals surface area contributed by atoms with Gasteiger partial charge in [-0.25, -0.2) is 8.42 Å². The monoisotopic (exact) mass is 290 g/mol. The molecular formula is C11H18N2O3S2. The minimum Gasteiger partial charge on any atom is -0.398 e. The van der Waals surface area contributed by atoms with Crippen LogP contribution in [0.2, 0.25) is 0 Å². The Morgan fingerprint density at radius 2 is 2.28 bits per heavy atom. The van der Waals surface area contributed by atoms with Gasteiger partial charge in [0.1, 0.15) is 4.21 Å². The van der Waals surface area contributed by atoms with Crippen LogP contribution < -0.4 is 5.73 Å². The standard InChI is InChI=1S/C11H18N2O3S2/c1-13(4-5-16-7-9-2-3-9)18(14,15)11-6-10(12)8-17-11/h6,8-9H,2-5,7,12H2,1H3. The van der Waals surface area contributed by atoms with E-state index in [4.69, 9.17) is 10.5 Å². The predicted octanol–water partition coefficient (Wildman–Crippen LogP) is 1.38. The molecule has 1 aromatic heterocycles. The molecule has 1 aliphatic carbocycles. The molecule has 1 aromatic rings. The number of hydrogen-bond acceptors (Lipinski definition) is 5. The maximum Gasteiger partial charge on any atom is 0.252 e. The Hall–Kier alpha value is -0.630. The van der Waals surface area contributed by atoms with Crippen LogP contribution in [0.25, 0.3) is 0 Å². The van der Waals surface area contributed by atoms with Crippen molar-refractivity contribution in [3.05, 3.63) is 11.4 Å². The lowest BCUT2D eigenvalue weighted by Crippen LogP contribution is -2.30. The number of ether oxygens (including phenoxy) is 1. The van der Waals surface area contributed by atoms with E-state index >= 15 is 0 Å². The van der Waals surface area contributed by atoms with Crippen LogP contribution in [0.3, 0.4) is 0 Å². The fourth-order valence-electron chi connectivity index (χ4n) is 1.47. The van der Waals surface area contributed by atoms with E-state index < -0.39 is 10.0 Å². The van der Waals surface area contributed by atoms with Gasteiger partial charge >= 0.3 is 0 Å². The largest absolute Gasteiger partial charge is 0.398 e. The van der Waals surface area contributed by atoms with Gasteiger partial charge in [0, 0.05) is 31.3 Å². The first-order chi connectivity index (χ1) is 8.50. The molecule has 0 radical (unpaired) electrons. The molecular weight excluding hydrogens is 272 g/mol. The highest BCUT2D eigenvalue weighted by Crippen LogP contribution is 2.28. The number of rotatable bonds is 7. The highest BCUT2D eigenvalue weighted by Gasteiger charge is 2.23. The Kier molecular flexibility index (Phi) is 4.26. The average molecular weight is 290 g/mol. The molecule has 7 heteroatoms. The summed E-state index contributed by atoms with van der Waals surface area (Å²) in [6, 6.07) is 1.49. The van der Waals surface area contributed by atoms with Gasteiger partial charge < -0.3 is 10.5 Å². The summed E-state index contributed by atoms with van der Waals surface area (Å²) in [7, 11) is -1.85. The molecule has 102 valence electrons. The zero-order valence-electron chi connectivity index (χ0n) is 10.3. The summed E-state index contributed by atoms with van der Waals surface area (Å²) in [4.78, 5) is 0. The summed E-state index contributed by atoms with van der Waals surface area (Å²) in [5, 5.41) is 1.63. The fourth-order valence-corrected chi connectivity index (χ4v) is 3.91. The SMILES string of the molecule is CN(CCOCC1CC1)S(=O)(=O)c1cc(N)cs1. The van der Waals surface area contributed by atoms with Crippen molar-refractivity contribution in [3.63, 3.8) is 0 Å². The van der Waals surface area contributed by atoms with E-state index in [1.54, 1.807) is 12.4 Å². The highest BCUT2D eigenvalue weighted by molar-refractivity contribution is 7.91. The van der Waals surface area contributed by atoms with Gasteiger partial charge in [-0.15, -0.1) is 11.3 Å². The van der Waals surface area contributed by atoms with Crippen molar-refractivity contribution >= 4 is 27.0 Å². The second kappa shape index (κ2) is 5.56. The average Bonchev–Trinajstić information content (AvgIpc) is 3.04. The zero-order chi connectivity index (χ0) is 13.2. The molecule has 1 heterocycles. The first-order valence-electron chi connectivity index (χ1n) is 5.88. The number of sulfonamides is 1. The van der Waals surface area contributed by atoms with Gasteiger partial charge in [0.25, 0.3) is 10.0 Å². The smallest absolute Gasteiger partial charge is 0.252 e. The van der Waals surface area contributed by atoms with Crippen LogP contribution in [0.4, 0.5) is 5.69 Å². The van der Waals surface area contributed by atoms with Gasteiger partial charge in [0.2, 0.25) is 0 Å². The first-order valence-corrected chi connectivity index (χ1v) is 8.20. The molecule has 0 spiro atoms. The van der Waals surface area contributed by atoms with Crippen LogP contribution in [0, 0.1) is 5.92 Å². The Balaban J connectivity index is 1.84. The van der Waals surface area contributed by atoms with E-state index in [9.17, 15) is 8.42 Å². The van der Waals surface area contributed by atoms with Gasteiger partial charge in [-0.2, -0.15) is 4.31 Å². The molecule has 0 atom stereocenters. The molecule has 18 heavy (non-hydrogen) atoms. The molecule has 1 saturated carbocycles. The Labute approximate surface area is 112 Å². The quantitative estimate of drug-likeness (QED) is 0.770. The van der Waals surface area contributed by atoms with Crippen LogP contribution >= 0.6 is 11.3 Å². The van der Waals surface area contributed by atoms with Crippen molar-refractivity contribution in [2.75, 3.05) is 32.5 Å². The minimum absolute atomic E-state index is 0.282. The van der Waals surface area contributed by atoms with E-state index in [0.29, 0.717) is 24.8 Å². The van der Waals surface area contributed by atoms with Gasteiger partial charge in [-0.3, -0.25) is 0 Å². The number of nitrogens with two attached hydrogens (primary N) is 1. The van der Waals surface area contributed by atoms with Gasteiger partial charge in [0.05, 0.1) is 6.61 Å². The molecule has 2 rings (SSSR count). The summed E-state index contributed by atoms with van der Waals surface area (Å²) in [5.41, 5.74) is 6.02. The molecule has 0 saturated heterocycles. The number of hydrogen-bond donors (Lipinski definition) is 1. The number of thiophene rings is 1. The maximum absolute atomic E-state index is 12.1. The van der Waals surface area contributed by atoms with Crippen LogP contribution in [-0.4, -0.2) is 39.5 Å². The molecule has 5 nitrogen and oxygen atoms in total. The van der Waals surface area contributed by atoms with Gasteiger partial charge in [-0.05, 0) is 24.8 Å². The third-order valence-corrected chi connectivity index (χ3v) is 6.15. The summed E-state index contributed by atoms with van der Waals surface area (Å²) in [6.07, 6.45) is 2.48. The normalized spacial score (nSPS) is 16.3. The van der Waals surface area contributed by atoms with Crippen molar-refractivity contribution in [1.82, 2.24) is 4.31 Å². The van der Waals surface area contributed by atoms with Crippen LogP contribution in [0.5, 0.6) is 0 Å². The van der Waals surface area contributed by atoms with Crippen LogP contribution in [-0.2, 0) is 14.8 Å². The topological polar surface area (TPSA) is 72.6 Å². The summed E-state index contributed by atoms with van der Waals surface area (Å²) in [6.45, 7) is 1.56. The van der Waals surface area contributed by atoms with Crippen molar-refractivity contribution in [2.24, 2.45) is 5.92 Å². The number of likely N-dealkylation sites (N-methyl/N-ethyl adjacent to an activating group) is 1. The molecule has 1 aliphatic rings. The third kappa shape index (κ3) is 3.44. The van der Waals surface area contributed by atoms with E-state index in [-0.39, 0.29) is 4.21 Å². The van der Waals surface area contributed by atoms with Crippen LogP contribution in [0.15, 0.2) is 15.7 Å². The number of anilines is 1. The van der Waals surface area contributed by atoms with Crippen molar-refractivity contribution in [3.8, 4) is 0 Å².